The molecule has 2 rings (SSSR count). The van der Waals surface area contributed by atoms with Crippen LogP contribution in [0.4, 0.5) is 11.6 Å². The van der Waals surface area contributed by atoms with Crippen LogP contribution in [0.3, 0.4) is 0 Å². The van der Waals surface area contributed by atoms with Crippen LogP contribution >= 0.6 is 0 Å². The monoisotopic (exact) mass is 248 g/mol. The molecule has 1 unspecified atom stereocenters. The molecule has 0 saturated heterocycles. The van der Waals surface area contributed by atoms with Crippen molar-refractivity contribution in [3.05, 3.63) is 11.4 Å². The van der Waals surface area contributed by atoms with E-state index in [2.05, 4.69) is 41.4 Å². The highest BCUT2D eigenvalue weighted by Gasteiger charge is 2.24. The van der Waals surface area contributed by atoms with Crippen LogP contribution in [-0.4, -0.2) is 22.6 Å². The number of aromatic nitrogens is 2. The molecule has 1 aromatic rings. The standard InChI is InChI=1S/C14H24N4/c1-5-15-13-9(2)14(18-11(4)17-13)16-10(3)12-7-6-8-12/h10,12H,5-8H2,1-4H3,(H2,15,16,17,18). The summed E-state index contributed by atoms with van der Waals surface area (Å²) >= 11 is 0. The fourth-order valence-electron chi connectivity index (χ4n) is 2.38. The summed E-state index contributed by atoms with van der Waals surface area (Å²) in [6.45, 7) is 9.25. The van der Waals surface area contributed by atoms with Gasteiger partial charge < -0.3 is 10.6 Å². The molecule has 1 aliphatic rings. The highest BCUT2D eigenvalue weighted by atomic mass is 15.1. The van der Waals surface area contributed by atoms with E-state index in [0.29, 0.717) is 6.04 Å². The smallest absolute Gasteiger partial charge is 0.134 e. The molecule has 1 atom stereocenters. The number of aryl methyl sites for hydroxylation is 1. The third kappa shape index (κ3) is 2.74. The number of hydrogen-bond donors (Lipinski definition) is 2. The minimum Gasteiger partial charge on any atom is -0.370 e. The Hall–Kier alpha value is -1.32. The van der Waals surface area contributed by atoms with E-state index in [9.17, 15) is 0 Å². The molecule has 100 valence electrons. The summed E-state index contributed by atoms with van der Waals surface area (Å²) in [7, 11) is 0. The van der Waals surface area contributed by atoms with Gasteiger partial charge in [0.25, 0.3) is 0 Å². The van der Waals surface area contributed by atoms with E-state index in [0.717, 1.165) is 35.5 Å². The number of rotatable bonds is 5. The fraction of sp³-hybridized carbons (Fsp3) is 0.714. The Morgan fingerprint density at radius 2 is 1.89 bits per heavy atom. The second-order valence-electron chi connectivity index (χ2n) is 5.25. The van der Waals surface area contributed by atoms with Gasteiger partial charge in [-0.1, -0.05) is 6.42 Å². The topological polar surface area (TPSA) is 49.8 Å². The van der Waals surface area contributed by atoms with E-state index in [1.165, 1.54) is 19.3 Å². The summed E-state index contributed by atoms with van der Waals surface area (Å²) in [4.78, 5) is 8.98. The van der Waals surface area contributed by atoms with Gasteiger partial charge in [-0.15, -0.1) is 0 Å². The SMILES string of the molecule is CCNc1nc(C)nc(NC(C)C2CCC2)c1C. The Balaban J connectivity index is 2.15. The maximum atomic E-state index is 4.53. The molecule has 4 nitrogen and oxygen atoms in total. The number of anilines is 2. The number of hydrogen-bond acceptors (Lipinski definition) is 4. The summed E-state index contributed by atoms with van der Waals surface area (Å²) in [5.41, 5.74) is 1.12. The van der Waals surface area contributed by atoms with Crippen molar-refractivity contribution in [2.24, 2.45) is 5.92 Å². The minimum absolute atomic E-state index is 0.501. The molecule has 1 saturated carbocycles. The first-order valence-corrected chi connectivity index (χ1v) is 6.97. The Morgan fingerprint density at radius 3 is 2.44 bits per heavy atom. The molecule has 0 bridgehead atoms. The molecule has 0 amide bonds. The molecular formula is C14H24N4. The summed E-state index contributed by atoms with van der Waals surface area (Å²) < 4.78 is 0. The normalized spacial score (nSPS) is 17.1. The first-order valence-electron chi connectivity index (χ1n) is 6.97. The first kappa shape index (κ1) is 13.1. The number of nitrogens with one attached hydrogen (secondary N) is 2. The molecule has 0 aromatic carbocycles. The van der Waals surface area contributed by atoms with Crippen LogP contribution in [-0.2, 0) is 0 Å². The van der Waals surface area contributed by atoms with Crippen LogP contribution in [0.15, 0.2) is 0 Å². The lowest BCUT2D eigenvalue weighted by Gasteiger charge is -2.32. The van der Waals surface area contributed by atoms with Crippen LogP contribution in [0, 0.1) is 19.8 Å². The van der Waals surface area contributed by atoms with Gasteiger partial charge in [-0.2, -0.15) is 0 Å². The lowest BCUT2D eigenvalue weighted by molar-refractivity contribution is 0.285. The van der Waals surface area contributed by atoms with Crippen molar-refractivity contribution >= 4 is 11.6 Å². The van der Waals surface area contributed by atoms with E-state index < -0.39 is 0 Å². The van der Waals surface area contributed by atoms with E-state index >= 15 is 0 Å². The zero-order chi connectivity index (χ0) is 13.1. The van der Waals surface area contributed by atoms with Gasteiger partial charge in [-0.25, -0.2) is 9.97 Å². The molecule has 0 radical (unpaired) electrons. The van der Waals surface area contributed by atoms with E-state index in [4.69, 9.17) is 0 Å². The average Bonchev–Trinajstić information content (AvgIpc) is 2.22. The van der Waals surface area contributed by atoms with Gasteiger partial charge in [0, 0.05) is 18.2 Å². The van der Waals surface area contributed by atoms with Crippen molar-refractivity contribution in [2.75, 3.05) is 17.2 Å². The molecule has 4 heteroatoms. The maximum Gasteiger partial charge on any atom is 0.134 e. The Bertz CT molecular complexity index is 413. The summed E-state index contributed by atoms with van der Waals surface area (Å²) in [6.07, 6.45) is 4.07. The fourth-order valence-corrected chi connectivity index (χ4v) is 2.38. The molecule has 1 heterocycles. The third-order valence-corrected chi connectivity index (χ3v) is 3.82. The van der Waals surface area contributed by atoms with Gasteiger partial charge in [-0.05, 0) is 46.5 Å². The lowest BCUT2D eigenvalue weighted by Crippen LogP contribution is -2.31. The first-order chi connectivity index (χ1) is 8.61. The van der Waals surface area contributed by atoms with Crippen LogP contribution in [0.25, 0.3) is 0 Å². The summed E-state index contributed by atoms with van der Waals surface area (Å²) in [5.74, 6) is 3.56. The van der Waals surface area contributed by atoms with Crippen molar-refractivity contribution in [3.63, 3.8) is 0 Å². The Kier molecular flexibility index (Phi) is 4.04. The summed E-state index contributed by atoms with van der Waals surface area (Å²) in [6, 6.07) is 0.501. The summed E-state index contributed by atoms with van der Waals surface area (Å²) in [5, 5.41) is 6.86. The van der Waals surface area contributed by atoms with Gasteiger partial charge in [-0.3, -0.25) is 0 Å². The predicted octanol–water partition coefficient (Wildman–Crippen LogP) is 3.13. The van der Waals surface area contributed by atoms with E-state index in [-0.39, 0.29) is 0 Å². The molecule has 0 spiro atoms. The zero-order valence-corrected chi connectivity index (χ0v) is 11.9. The van der Waals surface area contributed by atoms with E-state index in [1.807, 2.05) is 6.92 Å². The molecule has 1 aliphatic carbocycles. The van der Waals surface area contributed by atoms with Crippen LogP contribution < -0.4 is 10.6 Å². The van der Waals surface area contributed by atoms with Gasteiger partial charge in [0.05, 0.1) is 0 Å². The van der Waals surface area contributed by atoms with E-state index in [1.54, 1.807) is 0 Å². The highest BCUT2D eigenvalue weighted by molar-refractivity contribution is 5.57. The molecular weight excluding hydrogens is 224 g/mol. The third-order valence-electron chi connectivity index (χ3n) is 3.82. The Labute approximate surface area is 110 Å². The lowest BCUT2D eigenvalue weighted by atomic mass is 9.80. The second kappa shape index (κ2) is 5.55. The maximum absolute atomic E-state index is 4.53. The molecule has 1 aromatic heterocycles. The molecule has 18 heavy (non-hydrogen) atoms. The molecule has 1 fully saturated rings. The predicted molar refractivity (Wildman–Crippen MR) is 76.1 cm³/mol. The molecule has 0 aliphatic heterocycles. The Morgan fingerprint density at radius 1 is 1.22 bits per heavy atom. The van der Waals surface area contributed by atoms with Crippen molar-refractivity contribution in [1.29, 1.82) is 0 Å². The second-order valence-corrected chi connectivity index (χ2v) is 5.25. The van der Waals surface area contributed by atoms with Crippen molar-refractivity contribution < 1.29 is 0 Å². The largest absolute Gasteiger partial charge is 0.370 e. The van der Waals surface area contributed by atoms with Gasteiger partial charge in [0.1, 0.15) is 17.5 Å². The van der Waals surface area contributed by atoms with Crippen molar-refractivity contribution in [1.82, 2.24) is 9.97 Å². The van der Waals surface area contributed by atoms with Crippen molar-refractivity contribution in [2.45, 2.75) is 53.0 Å². The zero-order valence-electron chi connectivity index (χ0n) is 11.9. The van der Waals surface area contributed by atoms with Crippen molar-refractivity contribution in [3.8, 4) is 0 Å². The van der Waals surface area contributed by atoms with Gasteiger partial charge in [0.15, 0.2) is 0 Å². The van der Waals surface area contributed by atoms with Crippen LogP contribution in [0.5, 0.6) is 0 Å². The van der Waals surface area contributed by atoms with Crippen LogP contribution in [0.2, 0.25) is 0 Å². The van der Waals surface area contributed by atoms with Gasteiger partial charge in [0.2, 0.25) is 0 Å². The van der Waals surface area contributed by atoms with Gasteiger partial charge >= 0.3 is 0 Å². The number of nitrogens with zero attached hydrogens (tertiary/aromatic N) is 2. The minimum atomic E-state index is 0.501. The highest BCUT2D eigenvalue weighted by Crippen LogP contribution is 2.31. The van der Waals surface area contributed by atoms with Crippen LogP contribution in [0.1, 0.15) is 44.5 Å². The molecule has 2 N–H and O–H groups in total. The average molecular weight is 248 g/mol. The quantitative estimate of drug-likeness (QED) is 0.840.